The molecule has 2 bridgehead atoms. The number of nitrogens with two attached hydrogens (primary N) is 1. The van der Waals surface area contributed by atoms with Crippen LogP contribution in [0.5, 0.6) is 0 Å². The van der Waals surface area contributed by atoms with Gasteiger partial charge in [-0.25, -0.2) is 0 Å². The van der Waals surface area contributed by atoms with E-state index in [1.165, 1.54) is 58.0 Å². The van der Waals surface area contributed by atoms with Crippen molar-refractivity contribution < 1.29 is 0 Å². The molecule has 1 saturated carbocycles. The summed E-state index contributed by atoms with van der Waals surface area (Å²) in [5, 5.41) is 0. The molecule has 116 valence electrons. The average molecular weight is 279 g/mol. The van der Waals surface area contributed by atoms with E-state index >= 15 is 0 Å². The Morgan fingerprint density at radius 1 is 1.10 bits per heavy atom. The van der Waals surface area contributed by atoms with Crippen LogP contribution in [0.1, 0.15) is 58.8 Å². The second-order valence-corrected chi connectivity index (χ2v) is 8.41. The Kier molecular flexibility index (Phi) is 3.89. The van der Waals surface area contributed by atoms with Gasteiger partial charge in [-0.1, -0.05) is 20.3 Å². The second-order valence-electron chi connectivity index (χ2n) is 8.41. The van der Waals surface area contributed by atoms with Gasteiger partial charge in [0.1, 0.15) is 0 Å². The molecule has 1 aliphatic carbocycles. The van der Waals surface area contributed by atoms with Gasteiger partial charge in [0.2, 0.25) is 0 Å². The van der Waals surface area contributed by atoms with Crippen molar-refractivity contribution in [1.82, 2.24) is 9.80 Å². The molecule has 0 aromatic heterocycles. The summed E-state index contributed by atoms with van der Waals surface area (Å²) < 4.78 is 0. The third kappa shape index (κ3) is 2.53. The Bertz CT molecular complexity index is 354. The number of fused-ring (bicyclic) bond motifs is 2. The minimum atomic E-state index is 0.285. The Morgan fingerprint density at radius 3 is 2.55 bits per heavy atom. The molecule has 3 fully saturated rings. The van der Waals surface area contributed by atoms with Crippen molar-refractivity contribution in [3.63, 3.8) is 0 Å². The minimum Gasteiger partial charge on any atom is -0.329 e. The molecule has 3 atom stereocenters. The van der Waals surface area contributed by atoms with Crippen molar-refractivity contribution in [2.45, 2.75) is 76.4 Å². The highest BCUT2D eigenvalue weighted by Gasteiger charge is 2.46. The molecule has 0 spiro atoms. The first-order valence-electron chi connectivity index (χ1n) is 8.63. The lowest BCUT2D eigenvalue weighted by Gasteiger charge is -2.51. The number of hydrogen-bond acceptors (Lipinski definition) is 3. The SMILES string of the molecule is CN1C2CCC1CN(C1(CN)CCCC(C)(C)C1)CC2. The van der Waals surface area contributed by atoms with Gasteiger partial charge in [-0.2, -0.15) is 0 Å². The molecule has 0 aromatic rings. The number of likely N-dealkylation sites (tertiary alicyclic amines) is 1. The van der Waals surface area contributed by atoms with Crippen LogP contribution in [-0.2, 0) is 0 Å². The number of likely N-dealkylation sites (N-methyl/N-ethyl adjacent to an activating group) is 1. The molecule has 3 nitrogen and oxygen atoms in total. The van der Waals surface area contributed by atoms with Crippen molar-refractivity contribution in [2.24, 2.45) is 11.1 Å². The smallest absolute Gasteiger partial charge is 0.0337 e. The topological polar surface area (TPSA) is 32.5 Å². The third-order valence-electron chi connectivity index (χ3n) is 6.50. The third-order valence-corrected chi connectivity index (χ3v) is 6.50. The number of nitrogens with zero attached hydrogens (tertiary/aromatic N) is 2. The van der Waals surface area contributed by atoms with Crippen molar-refractivity contribution in [1.29, 1.82) is 0 Å². The van der Waals surface area contributed by atoms with Crippen LogP contribution in [0.25, 0.3) is 0 Å². The first-order chi connectivity index (χ1) is 9.46. The van der Waals surface area contributed by atoms with Crippen molar-refractivity contribution in [2.75, 3.05) is 26.7 Å². The van der Waals surface area contributed by atoms with E-state index in [2.05, 4.69) is 30.7 Å². The summed E-state index contributed by atoms with van der Waals surface area (Å²) in [7, 11) is 2.34. The van der Waals surface area contributed by atoms with Crippen LogP contribution in [0, 0.1) is 5.41 Å². The summed E-state index contributed by atoms with van der Waals surface area (Å²) in [5.74, 6) is 0. The zero-order valence-electron chi connectivity index (χ0n) is 13.7. The predicted molar refractivity (Wildman–Crippen MR) is 84.8 cm³/mol. The van der Waals surface area contributed by atoms with Gasteiger partial charge in [0.05, 0.1) is 0 Å². The summed E-state index contributed by atoms with van der Waals surface area (Å²) >= 11 is 0. The van der Waals surface area contributed by atoms with Crippen LogP contribution in [0.3, 0.4) is 0 Å². The van der Waals surface area contributed by atoms with Crippen LogP contribution < -0.4 is 5.73 Å². The summed E-state index contributed by atoms with van der Waals surface area (Å²) in [6.45, 7) is 8.23. The zero-order valence-corrected chi connectivity index (χ0v) is 13.7. The Morgan fingerprint density at radius 2 is 1.85 bits per heavy atom. The lowest BCUT2D eigenvalue weighted by molar-refractivity contribution is 0.00481. The first-order valence-corrected chi connectivity index (χ1v) is 8.63. The van der Waals surface area contributed by atoms with Gasteiger partial charge in [-0.3, -0.25) is 9.80 Å². The lowest BCUT2D eigenvalue weighted by atomic mass is 9.67. The summed E-state index contributed by atoms with van der Waals surface area (Å²) in [5.41, 5.74) is 7.07. The normalized spacial score (nSPS) is 42.6. The van der Waals surface area contributed by atoms with E-state index in [4.69, 9.17) is 5.73 Å². The van der Waals surface area contributed by atoms with Gasteiger partial charge in [0, 0.05) is 37.3 Å². The molecular formula is C17H33N3. The second kappa shape index (κ2) is 5.26. The van der Waals surface area contributed by atoms with E-state index in [1.807, 2.05) is 0 Å². The molecule has 3 aliphatic rings. The first kappa shape index (κ1) is 14.8. The van der Waals surface area contributed by atoms with Crippen LogP contribution in [0.4, 0.5) is 0 Å². The number of rotatable bonds is 2. The zero-order chi connectivity index (χ0) is 14.4. The monoisotopic (exact) mass is 279 g/mol. The lowest BCUT2D eigenvalue weighted by Crippen LogP contribution is -2.59. The van der Waals surface area contributed by atoms with Gasteiger partial charge in [0.25, 0.3) is 0 Å². The molecule has 0 amide bonds. The highest BCUT2D eigenvalue weighted by Crippen LogP contribution is 2.45. The van der Waals surface area contributed by atoms with Crippen LogP contribution >= 0.6 is 0 Å². The minimum absolute atomic E-state index is 0.285. The average Bonchev–Trinajstić information content (AvgIpc) is 2.61. The fraction of sp³-hybridized carbons (Fsp3) is 1.00. The molecular weight excluding hydrogens is 246 g/mol. The van der Waals surface area contributed by atoms with Gasteiger partial charge in [-0.15, -0.1) is 0 Å². The predicted octanol–water partition coefficient (Wildman–Crippen LogP) is 2.45. The van der Waals surface area contributed by atoms with E-state index in [0.29, 0.717) is 5.41 Å². The Hall–Kier alpha value is -0.120. The highest BCUT2D eigenvalue weighted by molar-refractivity contribution is 5.03. The van der Waals surface area contributed by atoms with Crippen LogP contribution in [0.2, 0.25) is 0 Å². The molecule has 2 aliphatic heterocycles. The molecule has 3 rings (SSSR count). The molecule has 3 heteroatoms. The molecule has 2 N–H and O–H groups in total. The maximum atomic E-state index is 6.32. The molecule has 0 aromatic carbocycles. The summed E-state index contributed by atoms with van der Waals surface area (Å²) in [4.78, 5) is 5.45. The van der Waals surface area contributed by atoms with Crippen LogP contribution in [0.15, 0.2) is 0 Å². The Labute approximate surface area is 124 Å². The maximum Gasteiger partial charge on any atom is 0.0337 e. The largest absolute Gasteiger partial charge is 0.329 e. The molecule has 0 radical (unpaired) electrons. The van der Waals surface area contributed by atoms with Gasteiger partial charge in [0.15, 0.2) is 0 Å². The van der Waals surface area contributed by atoms with Gasteiger partial charge >= 0.3 is 0 Å². The summed E-state index contributed by atoms with van der Waals surface area (Å²) in [6.07, 6.45) is 9.47. The van der Waals surface area contributed by atoms with Gasteiger partial charge < -0.3 is 5.73 Å². The van der Waals surface area contributed by atoms with Crippen molar-refractivity contribution >= 4 is 0 Å². The number of hydrogen-bond donors (Lipinski definition) is 1. The quantitative estimate of drug-likeness (QED) is 0.843. The fourth-order valence-electron chi connectivity index (χ4n) is 5.28. The van der Waals surface area contributed by atoms with E-state index in [1.54, 1.807) is 0 Å². The van der Waals surface area contributed by atoms with E-state index in [-0.39, 0.29) is 5.54 Å². The standard InChI is InChI=1S/C17H33N3/c1-16(2)8-4-9-17(12-16,13-18)20-10-7-14-5-6-15(11-20)19(14)3/h14-15H,4-13,18H2,1-3H3. The van der Waals surface area contributed by atoms with Crippen molar-refractivity contribution in [3.8, 4) is 0 Å². The maximum absolute atomic E-state index is 6.32. The van der Waals surface area contributed by atoms with Crippen LogP contribution in [-0.4, -0.2) is 54.1 Å². The van der Waals surface area contributed by atoms with E-state index in [0.717, 1.165) is 18.6 Å². The molecule has 20 heavy (non-hydrogen) atoms. The highest BCUT2D eigenvalue weighted by atomic mass is 15.3. The molecule has 3 unspecified atom stereocenters. The molecule has 2 heterocycles. The fourth-order valence-corrected chi connectivity index (χ4v) is 5.28. The van der Waals surface area contributed by atoms with E-state index in [9.17, 15) is 0 Å². The Balaban J connectivity index is 1.79. The summed E-state index contributed by atoms with van der Waals surface area (Å²) in [6, 6.07) is 1.60. The van der Waals surface area contributed by atoms with Gasteiger partial charge in [-0.05, 0) is 51.0 Å². The van der Waals surface area contributed by atoms with Crippen molar-refractivity contribution in [3.05, 3.63) is 0 Å². The van der Waals surface area contributed by atoms with E-state index < -0.39 is 0 Å². The molecule has 2 saturated heterocycles.